The average molecular weight is 218 g/mol. The lowest BCUT2D eigenvalue weighted by atomic mass is 10.0. The lowest BCUT2D eigenvalue weighted by Gasteiger charge is -2.33. The van der Waals surface area contributed by atoms with Crippen LogP contribution in [0.15, 0.2) is 24.7 Å². The number of aromatic nitrogens is 3. The van der Waals surface area contributed by atoms with Crippen LogP contribution in [0.3, 0.4) is 0 Å². The third-order valence-corrected chi connectivity index (χ3v) is 3.16. The maximum atomic E-state index is 4.37. The van der Waals surface area contributed by atoms with E-state index in [4.69, 9.17) is 0 Å². The summed E-state index contributed by atoms with van der Waals surface area (Å²) in [7, 11) is 4.19. The Hall–Kier alpha value is -1.42. The van der Waals surface area contributed by atoms with Crippen molar-refractivity contribution < 1.29 is 0 Å². The predicted molar refractivity (Wildman–Crippen MR) is 65.3 cm³/mol. The van der Waals surface area contributed by atoms with Crippen molar-refractivity contribution in [1.82, 2.24) is 19.4 Å². The summed E-state index contributed by atoms with van der Waals surface area (Å²) in [6.07, 6.45) is 5.52. The fourth-order valence-electron chi connectivity index (χ4n) is 1.60. The molecule has 2 aromatic rings. The third-order valence-electron chi connectivity index (χ3n) is 3.16. The molecule has 2 rings (SSSR count). The molecule has 0 unspecified atom stereocenters. The number of hydrogen-bond acceptors (Lipinski definition) is 3. The quantitative estimate of drug-likeness (QED) is 0.787. The van der Waals surface area contributed by atoms with Crippen molar-refractivity contribution in [3.63, 3.8) is 0 Å². The van der Waals surface area contributed by atoms with Gasteiger partial charge in [-0.15, -0.1) is 0 Å². The first-order valence-corrected chi connectivity index (χ1v) is 5.44. The molecule has 0 aromatic carbocycles. The summed E-state index contributed by atoms with van der Waals surface area (Å²) in [6, 6.07) is 2.01. The number of fused-ring (bicyclic) bond motifs is 1. The molecule has 0 aliphatic carbocycles. The molecule has 0 atom stereocenters. The topological polar surface area (TPSA) is 34.0 Å². The fourth-order valence-corrected chi connectivity index (χ4v) is 1.60. The fraction of sp³-hybridized carbons (Fsp3) is 0.500. The summed E-state index contributed by atoms with van der Waals surface area (Å²) in [5.74, 6) is 0. The number of rotatable bonds is 3. The summed E-state index contributed by atoms with van der Waals surface area (Å²) in [5, 5.41) is 0. The Morgan fingerprint density at radius 1 is 1.25 bits per heavy atom. The van der Waals surface area contributed by atoms with Crippen molar-refractivity contribution in [2.75, 3.05) is 14.1 Å². The van der Waals surface area contributed by atoms with Gasteiger partial charge in [-0.2, -0.15) is 0 Å². The molecule has 86 valence electrons. The monoisotopic (exact) mass is 218 g/mol. The van der Waals surface area contributed by atoms with E-state index >= 15 is 0 Å². The second-order valence-corrected chi connectivity index (χ2v) is 4.92. The zero-order valence-corrected chi connectivity index (χ0v) is 10.3. The first-order valence-electron chi connectivity index (χ1n) is 5.44. The van der Waals surface area contributed by atoms with Crippen molar-refractivity contribution in [1.29, 1.82) is 0 Å². The van der Waals surface area contributed by atoms with E-state index in [0.717, 1.165) is 17.7 Å². The second-order valence-electron chi connectivity index (χ2n) is 4.92. The molecule has 0 fully saturated rings. The summed E-state index contributed by atoms with van der Waals surface area (Å²) in [6.45, 7) is 5.34. The molecule has 0 amide bonds. The van der Waals surface area contributed by atoms with Crippen LogP contribution in [0.2, 0.25) is 0 Å². The van der Waals surface area contributed by atoms with E-state index in [0.29, 0.717) is 0 Å². The highest BCUT2D eigenvalue weighted by Crippen LogP contribution is 2.17. The Kier molecular flexibility index (Phi) is 2.68. The van der Waals surface area contributed by atoms with Crippen molar-refractivity contribution >= 4 is 11.2 Å². The molecule has 0 aliphatic heterocycles. The Labute approximate surface area is 95.9 Å². The lowest BCUT2D eigenvalue weighted by Crippen LogP contribution is -2.41. The van der Waals surface area contributed by atoms with Crippen LogP contribution in [-0.2, 0) is 6.54 Å². The summed E-state index contributed by atoms with van der Waals surface area (Å²) < 4.78 is 2.16. The Morgan fingerprint density at radius 3 is 2.62 bits per heavy atom. The highest BCUT2D eigenvalue weighted by atomic mass is 15.2. The maximum Gasteiger partial charge on any atom is 0.158 e. The van der Waals surface area contributed by atoms with Gasteiger partial charge in [-0.05, 0) is 34.0 Å². The van der Waals surface area contributed by atoms with Crippen LogP contribution >= 0.6 is 0 Å². The van der Waals surface area contributed by atoms with E-state index in [2.05, 4.69) is 53.6 Å². The molecule has 0 saturated carbocycles. The molecule has 16 heavy (non-hydrogen) atoms. The largest absolute Gasteiger partial charge is 0.329 e. The first kappa shape index (κ1) is 11.1. The van der Waals surface area contributed by atoms with Crippen molar-refractivity contribution in [3.8, 4) is 0 Å². The van der Waals surface area contributed by atoms with Gasteiger partial charge in [0.15, 0.2) is 5.65 Å². The van der Waals surface area contributed by atoms with Gasteiger partial charge in [0, 0.05) is 30.7 Å². The van der Waals surface area contributed by atoms with Gasteiger partial charge in [0.1, 0.15) is 5.52 Å². The van der Waals surface area contributed by atoms with Crippen LogP contribution < -0.4 is 0 Å². The van der Waals surface area contributed by atoms with Crippen LogP contribution in [0.25, 0.3) is 11.2 Å². The van der Waals surface area contributed by atoms with E-state index in [-0.39, 0.29) is 5.54 Å². The van der Waals surface area contributed by atoms with Crippen molar-refractivity contribution in [2.45, 2.75) is 25.9 Å². The second kappa shape index (κ2) is 3.87. The number of nitrogens with zero attached hydrogens (tertiary/aromatic N) is 4. The smallest absolute Gasteiger partial charge is 0.158 e. The molecule has 2 aromatic heterocycles. The number of hydrogen-bond donors (Lipinski definition) is 0. The van der Waals surface area contributed by atoms with E-state index in [9.17, 15) is 0 Å². The van der Waals surface area contributed by atoms with E-state index in [1.54, 1.807) is 12.4 Å². The summed E-state index contributed by atoms with van der Waals surface area (Å²) in [4.78, 5) is 10.9. The van der Waals surface area contributed by atoms with Crippen molar-refractivity contribution in [2.24, 2.45) is 0 Å². The Bertz CT molecular complexity index is 484. The van der Waals surface area contributed by atoms with Crippen LogP contribution in [0.1, 0.15) is 13.8 Å². The van der Waals surface area contributed by atoms with Gasteiger partial charge in [-0.1, -0.05) is 0 Å². The minimum atomic E-state index is 0.101. The normalized spacial score (nSPS) is 12.6. The molecule has 0 N–H and O–H groups in total. The van der Waals surface area contributed by atoms with Crippen LogP contribution in [0.4, 0.5) is 0 Å². The molecular weight excluding hydrogens is 200 g/mol. The predicted octanol–water partition coefficient (Wildman–Crippen LogP) is 1.77. The van der Waals surface area contributed by atoms with E-state index in [1.165, 1.54) is 0 Å². The zero-order chi connectivity index (χ0) is 11.8. The van der Waals surface area contributed by atoms with Crippen molar-refractivity contribution in [3.05, 3.63) is 24.7 Å². The SMILES string of the molecule is CN(C)C(C)(C)Cn1ccc2nccnc21. The molecule has 0 aliphatic rings. The minimum Gasteiger partial charge on any atom is -0.329 e. The molecular formula is C12H18N4. The average Bonchev–Trinajstić information content (AvgIpc) is 2.61. The Morgan fingerprint density at radius 2 is 1.94 bits per heavy atom. The zero-order valence-electron chi connectivity index (χ0n) is 10.3. The minimum absolute atomic E-state index is 0.101. The molecule has 4 heteroatoms. The molecule has 0 saturated heterocycles. The summed E-state index contributed by atoms with van der Waals surface area (Å²) in [5.41, 5.74) is 2.01. The summed E-state index contributed by atoms with van der Waals surface area (Å²) >= 11 is 0. The van der Waals surface area contributed by atoms with Gasteiger partial charge >= 0.3 is 0 Å². The lowest BCUT2D eigenvalue weighted by molar-refractivity contribution is 0.171. The van der Waals surface area contributed by atoms with Crippen LogP contribution in [-0.4, -0.2) is 39.1 Å². The van der Waals surface area contributed by atoms with Gasteiger partial charge in [0.05, 0.1) is 0 Å². The third kappa shape index (κ3) is 1.93. The van der Waals surface area contributed by atoms with Gasteiger partial charge in [-0.3, -0.25) is 4.98 Å². The standard InChI is InChI=1S/C12H18N4/c1-12(2,15(3)4)9-16-8-5-10-11(16)14-7-6-13-10/h5-8H,9H2,1-4H3. The highest BCUT2D eigenvalue weighted by molar-refractivity contribution is 5.70. The molecule has 4 nitrogen and oxygen atoms in total. The van der Waals surface area contributed by atoms with E-state index < -0.39 is 0 Å². The van der Waals surface area contributed by atoms with Gasteiger partial charge in [0.2, 0.25) is 0 Å². The maximum absolute atomic E-state index is 4.37. The molecule has 0 radical (unpaired) electrons. The molecule has 0 bridgehead atoms. The van der Waals surface area contributed by atoms with Gasteiger partial charge in [-0.25, -0.2) is 4.98 Å². The molecule has 0 spiro atoms. The van der Waals surface area contributed by atoms with E-state index in [1.807, 2.05) is 6.07 Å². The first-order chi connectivity index (χ1) is 7.50. The number of likely N-dealkylation sites (N-methyl/N-ethyl adjacent to an activating group) is 1. The van der Waals surface area contributed by atoms with Crippen LogP contribution in [0, 0.1) is 0 Å². The Balaban J connectivity index is 2.35. The van der Waals surface area contributed by atoms with Crippen LogP contribution in [0.5, 0.6) is 0 Å². The highest BCUT2D eigenvalue weighted by Gasteiger charge is 2.21. The molecule has 2 heterocycles. The van der Waals surface area contributed by atoms with Gasteiger partial charge < -0.3 is 9.47 Å². The van der Waals surface area contributed by atoms with Gasteiger partial charge in [0.25, 0.3) is 0 Å².